The maximum Gasteiger partial charge on any atom is 1.00 e. The normalized spacial score (nSPS) is 9.74. The van der Waals surface area contributed by atoms with E-state index in [0.717, 1.165) is 41.3 Å². The Hall–Kier alpha value is -5.71. The van der Waals surface area contributed by atoms with Crippen molar-refractivity contribution in [2.24, 2.45) is 5.73 Å². The third kappa shape index (κ3) is 21.2. The Kier molecular flexibility index (Phi) is 31.0. The molecule has 65 heavy (non-hydrogen) atoms. The fraction of sp³-hybridized carbons (Fsp3) is 0.216. The van der Waals surface area contributed by atoms with Crippen LogP contribution in [0.4, 0.5) is 13.2 Å². The number of benzene rings is 3. The van der Waals surface area contributed by atoms with Gasteiger partial charge >= 0.3 is 56.0 Å². The first kappa shape index (κ1) is 61.4. The summed E-state index contributed by atoms with van der Waals surface area (Å²) in [7, 11) is -1.59. The van der Waals surface area contributed by atoms with Gasteiger partial charge in [-0.1, -0.05) is 55.4 Å². The van der Waals surface area contributed by atoms with E-state index in [4.69, 9.17) is 43.8 Å². The topological polar surface area (TPSA) is 294 Å². The number of rotatable bonds is 10. The molecule has 1 atom stereocenters. The fourth-order valence-corrected chi connectivity index (χ4v) is 5.77. The molecule has 0 aliphatic carbocycles. The van der Waals surface area contributed by atoms with Crippen LogP contribution < -0.4 is 30.1 Å². The van der Waals surface area contributed by atoms with Gasteiger partial charge in [0.1, 0.15) is 28.8 Å². The summed E-state index contributed by atoms with van der Waals surface area (Å²) in [6.45, 7) is 12.2. The van der Waals surface area contributed by atoms with Crippen molar-refractivity contribution in [3.05, 3.63) is 124 Å². The number of aromatic carboxylic acids is 1. The third-order valence-corrected chi connectivity index (χ3v) is 8.52. The minimum Gasteiger partial charge on any atom is -0.870 e. The molecule has 0 aliphatic rings. The summed E-state index contributed by atoms with van der Waals surface area (Å²) in [6, 6.07) is 16.6. The largest absolute Gasteiger partial charge is 1.00 e. The number of aromatic nitrogens is 6. The molecule has 6 aromatic rings. The second-order valence-electron chi connectivity index (χ2n) is 10.8. The summed E-state index contributed by atoms with van der Waals surface area (Å²) in [5, 5.41) is 26.0. The van der Waals surface area contributed by atoms with Crippen molar-refractivity contribution in [1.29, 1.82) is 0 Å². The van der Waals surface area contributed by atoms with Crippen LogP contribution >= 0.6 is 46.8 Å². The number of carboxylic acid groups (broad SMARTS) is 1. The molecule has 6 rings (SSSR count). The summed E-state index contributed by atoms with van der Waals surface area (Å²) in [4.78, 5) is 46.4. The van der Waals surface area contributed by atoms with E-state index in [-0.39, 0.29) is 84.2 Å². The number of hydrogen-bond acceptors (Lipinski definition) is 20. The van der Waals surface area contributed by atoms with Gasteiger partial charge < -0.3 is 34.8 Å². The van der Waals surface area contributed by atoms with Crippen LogP contribution in [0, 0.1) is 24.0 Å². The van der Waals surface area contributed by atoms with Crippen LogP contribution in [0.15, 0.2) is 72.8 Å². The van der Waals surface area contributed by atoms with Crippen molar-refractivity contribution in [1.82, 2.24) is 26.2 Å². The first-order valence-corrected chi connectivity index (χ1v) is 19.8. The molecule has 0 fully saturated rings. The van der Waals surface area contributed by atoms with Gasteiger partial charge in [-0.3, -0.25) is 10.6 Å². The molecule has 0 saturated heterocycles. The molecule has 28 heteroatoms. The van der Waals surface area contributed by atoms with Crippen molar-refractivity contribution >= 4 is 83.2 Å². The molecule has 19 nitrogen and oxygen atoms in total. The van der Waals surface area contributed by atoms with Crippen LogP contribution in [0.1, 0.15) is 59.7 Å². The van der Waals surface area contributed by atoms with Gasteiger partial charge in [0.2, 0.25) is 5.69 Å². The zero-order chi connectivity index (χ0) is 46.2. The Morgan fingerprint density at radius 2 is 1.14 bits per heavy atom. The van der Waals surface area contributed by atoms with Gasteiger partial charge in [0.25, 0.3) is 0 Å². The van der Waals surface area contributed by atoms with E-state index < -0.39 is 48.8 Å². The quantitative estimate of drug-likeness (QED) is 0.0664. The molecule has 1 unspecified atom stereocenters. The van der Waals surface area contributed by atoms with Gasteiger partial charge in [0, 0.05) is 11.1 Å². The molecule has 0 bridgehead atoms. The van der Waals surface area contributed by atoms with Crippen LogP contribution in [0.2, 0.25) is 5.15 Å². The van der Waals surface area contributed by atoms with Crippen LogP contribution in [0.5, 0.6) is 0 Å². The van der Waals surface area contributed by atoms with Crippen LogP contribution in [-0.2, 0) is 19.0 Å². The van der Waals surface area contributed by atoms with Gasteiger partial charge in [0.15, 0.2) is 16.5 Å². The first-order valence-electron chi connectivity index (χ1n) is 17.2. The van der Waals surface area contributed by atoms with E-state index >= 15 is 0 Å². The number of halogens is 4. The van der Waals surface area contributed by atoms with E-state index in [2.05, 4.69) is 40.6 Å². The second kappa shape index (κ2) is 32.9. The molecule has 3 heterocycles. The number of esters is 3. The van der Waals surface area contributed by atoms with Gasteiger partial charge in [-0.15, -0.1) is 0 Å². The van der Waals surface area contributed by atoms with Gasteiger partial charge in [-0.05, 0) is 62.6 Å². The van der Waals surface area contributed by atoms with Crippen molar-refractivity contribution < 1.29 is 86.1 Å². The molecule has 0 radical (unpaired) electrons. The van der Waals surface area contributed by atoms with Crippen molar-refractivity contribution in [3.63, 3.8) is 0 Å². The van der Waals surface area contributed by atoms with E-state index in [1.54, 1.807) is 39.0 Å². The van der Waals surface area contributed by atoms with Crippen molar-refractivity contribution in [2.75, 3.05) is 19.8 Å². The molecule has 0 spiro atoms. The summed E-state index contributed by atoms with van der Waals surface area (Å²) in [5.74, 6) is -4.17. The Morgan fingerprint density at radius 3 is 1.52 bits per heavy atom. The predicted molar refractivity (Wildman–Crippen MR) is 231 cm³/mol. The molecule has 6 N–H and O–H groups in total. The average molecular weight is 977 g/mol. The average Bonchev–Trinajstić information content (AvgIpc) is 4.04. The van der Waals surface area contributed by atoms with E-state index in [1.165, 1.54) is 48.5 Å². The number of hydrogen-bond donors (Lipinski definition) is 4. The fourth-order valence-electron chi connectivity index (χ4n) is 3.95. The summed E-state index contributed by atoms with van der Waals surface area (Å²) in [5.41, 5.74) is 6.70. The maximum absolute atomic E-state index is 13.1. The number of nitrogens with zero attached hydrogens (tertiary/aromatic N) is 7. The number of carbonyl (C=O) groups excluding carboxylic acids is 3. The zero-order valence-electron chi connectivity index (χ0n) is 33.8. The minimum atomic E-state index is -1.59. The Morgan fingerprint density at radius 1 is 0.723 bits per heavy atom. The van der Waals surface area contributed by atoms with E-state index in [1.807, 2.05) is 0 Å². The van der Waals surface area contributed by atoms with Gasteiger partial charge in [-0.2, -0.15) is 26.2 Å². The number of carboxylic acids is 1. The standard InChI is InChI=1S/C11H9FN2O2S.C9H5FN2O2S.C6H6BFO2.C5H5ClN2O2S.C5H8N2O2.CH4.Li.H2O/c1-2-16-11(15)10-9(13-17-14-10)7-4-3-5-8(12)6-7;10-6-3-1-2-5(4-6)7-8(9(13)14)12-15-11-7;8-6-3-1-2-5(4-6)7(9)10;1-2-10-5(9)3-4(6)8-11-7-3;1-3-9-5(8)4(6)7-2;;;/h3-6H,2H2,1H3;1-4H,(H,13,14);1-4,9-10H;2H2,1H3;4H,3,6H2,1H3;1H4;;1H2/q;;;;;;+1;/p-1. The van der Waals surface area contributed by atoms with Gasteiger partial charge in [-0.25, -0.2) is 38.9 Å². The number of ether oxygens (including phenoxy) is 3. The Balaban J connectivity index is 0. The zero-order valence-corrected chi connectivity index (χ0v) is 37.0. The minimum absolute atomic E-state index is 0. The molecule has 3 aromatic carbocycles. The molecule has 342 valence electrons. The Bertz CT molecular complexity index is 2430. The van der Waals surface area contributed by atoms with Crippen LogP contribution in [0.25, 0.3) is 27.4 Å². The molecule has 0 amide bonds. The monoisotopic (exact) mass is 976 g/mol. The van der Waals surface area contributed by atoms with E-state index in [0.29, 0.717) is 23.4 Å². The Labute approximate surface area is 399 Å². The molecule has 3 aromatic heterocycles. The van der Waals surface area contributed by atoms with Crippen molar-refractivity contribution in [2.45, 2.75) is 34.4 Å². The maximum atomic E-state index is 13.1. The molecular formula is C37H38BClF3LiN8O11S3. The first-order chi connectivity index (χ1) is 29.6. The molecule has 0 saturated carbocycles. The summed E-state index contributed by atoms with van der Waals surface area (Å²) in [6.07, 6.45) is -1.15. The third-order valence-electron chi connectivity index (χ3n) is 6.58. The van der Waals surface area contributed by atoms with Crippen LogP contribution in [-0.4, -0.2) is 104 Å². The van der Waals surface area contributed by atoms with Gasteiger partial charge in [0.05, 0.1) is 55.0 Å². The predicted octanol–water partition coefficient (Wildman–Crippen LogP) is 2.65. The summed E-state index contributed by atoms with van der Waals surface area (Å²) < 4.78 is 74.8. The number of carbonyl (C=O) groups is 4. The molecule has 0 aliphatic heterocycles. The molecular weight excluding hydrogens is 939 g/mol. The summed E-state index contributed by atoms with van der Waals surface area (Å²) >= 11 is 8.08. The van der Waals surface area contributed by atoms with Crippen molar-refractivity contribution in [3.8, 4) is 22.5 Å². The SMILES string of the molecule is C.CCOC(=O)c1nsnc1-c1cccc(F)c1.CCOC(=O)c1nsnc1Cl.O=C(O)c1nsnc1-c1cccc(F)c1.OB(O)c1cccc(F)c1.[C-]#[N+]C(N)C(=O)OCC.[Li+].[OH-]. The van der Waals surface area contributed by atoms with Crippen LogP contribution in [0.3, 0.4) is 0 Å². The smallest absolute Gasteiger partial charge is 0.870 e. The second-order valence-corrected chi connectivity index (χ2v) is 12.8. The van der Waals surface area contributed by atoms with E-state index in [9.17, 15) is 32.3 Å². The number of nitrogens with two attached hydrogens (primary N) is 1.